The number of carbonyl (C=O) groups excluding carboxylic acids is 1. The number of carboxylic acid groups (broad SMARTS) is 1. The number of nitrogens with one attached hydrogen (secondary N) is 2. The van der Waals surface area contributed by atoms with E-state index < -0.39 is 18.2 Å². The minimum atomic E-state index is -1.13. The van der Waals surface area contributed by atoms with Crippen molar-refractivity contribution in [2.45, 2.75) is 39.2 Å². The fraction of sp³-hybridized carbons (Fsp3) is 0.429. The van der Waals surface area contributed by atoms with Gasteiger partial charge in [-0.25, -0.2) is 15.0 Å². The van der Waals surface area contributed by atoms with Gasteiger partial charge in [0.25, 0.3) is 0 Å². The Bertz CT molecular complexity index is 462. The lowest BCUT2D eigenvalue weighted by Gasteiger charge is -2.15. The summed E-state index contributed by atoms with van der Waals surface area (Å²) >= 11 is 0. The summed E-state index contributed by atoms with van der Waals surface area (Å²) in [6.45, 7) is 3.83. The largest absolute Gasteiger partial charge is 0.479 e. The summed E-state index contributed by atoms with van der Waals surface area (Å²) in [5.74, 6) is -1.13. The molecule has 6 nitrogen and oxygen atoms in total. The third kappa shape index (κ3) is 5.17. The molecule has 20 heavy (non-hydrogen) atoms. The van der Waals surface area contributed by atoms with Gasteiger partial charge in [-0.3, -0.25) is 5.43 Å². The number of para-hydroxylation sites is 1. The maximum Gasteiger partial charge on any atom is 0.426 e. The highest BCUT2D eigenvalue weighted by Gasteiger charge is 2.21. The van der Waals surface area contributed by atoms with E-state index in [0.717, 1.165) is 17.7 Å². The van der Waals surface area contributed by atoms with Crippen LogP contribution in [0, 0.1) is 6.92 Å². The van der Waals surface area contributed by atoms with E-state index in [9.17, 15) is 9.59 Å². The van der Waals surface area contributed by atoms with E-state index in [-0.39, 0.29) is 0 Å². The Morgan fingerprint density at radius 3 is 2.65 bits per heavy atom. The predicted molar refractivity (Wildman–Crippen MR) is 75.4 cm³/mol. The average molecular weight is 280 g/mol. The van der Waals surface area contributed by atoms with Crippen LogP contribution in [0.5, 0.6) is 0 Å². The lowest BCUT2D eigenvalue weighted by molar-refractivity contribution is -0.147. The Labute approximate surface area is 118 Å². The van der Waals surface area contributed by atoms with Gasteiger partial charge in [0.1, 0.15) is 0 Å². The summed E-state index contributed by atoms with van der Waals surface area (Å²) < 4.78 is 4.86. The molecule has 0 radical (unpaired) electrons. The van der Waals surface area contributed by atoms with Crippen LogP contribution in [0.25, 0.3) is 0 Å². The highest BCUT2D eigenvalue weighted by Crippen LogP contribution is 2.11. The predicted octanol–water partition coefficient (Wildman–Crippen LogP) is 2.69. The Morgan fingerprint density at radius 1 is 1.35 bits per heavy atom. The van der Waals surface area contributed by atoms with Crippen molar-refractivity contribution in [3.63, 3.8) is 0 Å². The van der Waals surface area contributed by atoms with E-state index in [1.165, 1.54) is 0 Å². The monoisotopic (exact) mass is 280 g/mol. The molecule has 0 saturated heterocycles. The van der Waals surface area contributed by atoms with Crippen LogP contribution in [-0.2, 0) is 9.53 Å². The van der Waals surface area contributed by atoms with Gasteiger partial charge < -0.3 is 9.84 Å². The molecule has 0 aromatic heterocycles. The fourth-order valence-electron chi connectivity index (χ4n) is 1.61. The number of hydrogen-bond acceptors (Lipinski definition) is 4. The quantitative estimate of drug-likeness (QED) is 0.668. The molecule has 0 heterocycles. The van der Waals surface area contributed by atoms with Crippen molar-refractivity contribution >= 4 is 17.7 Å². The second-order valence-corrected chi connectivity index (χ2v) is 4.44. The molecule has 1 rings (SSSR count). The Balaban J connectivity index is 2.46. The molecule has 6 heteroatoms. The molecule has 0 aliphatic heterocycles. The molecule has 1 atom stereocenters. The van der Waals surface area contributed by atoms with Gasteiger partial charge in [-0.1, -0.05) is 31.5 Å². The van der Waals surface area contributed by atoms with Gasteiger partial charge in [0.15, 0.2) is 0 Å². The first-order valence-corrected chi connectivity index (χ1v) is 6.55. The van der Waals surface area contributed by atoms with Crippen LogP contribution < -0.4 is 10.9 Å². The summed E-state index contributed by atoms with van der Waals surface area (Å²) in [6.07, 6.45) is -0.0830. The molecular formula is C14H20N2O4. The van der Waals surface area contributed by atoms with Crippen molar-refractivity contribution in [2.75, 3.05) is 5.43 Å². The zero-order chi connectivity index (χ0) is 15.0. The number of aryl methyl sites for hydroxylation is 1. The molecule has 0 spiro atoms. The number of hydrogen-bond donors (Lipinski definition) is 3. The van der Waals surface area contributed by atoms with Crippen LogP contribution in [0.15, 0.2) is 24.3 Å². The van der Waals surface area contributed by atoms with Gasteiger partial charge in [0, 0.05) is 0 Å². The van der Waals surface area contributed by atoms with Gasteiger partial charge in [0.2, 0.25) is 6.10 Å². The number of rotatable bonds is 7. The normalized spacial score (nSPS) is 11.5. The third-order valence-electron chi connectivity index (χ3n) is 2.79. The molecule has 1 unspecified atom stereocenters. The SMILES string of the molecule is CCCCC(OC(=O)NNc1ccccc1C)C(=O)O. The molecule has 3 N–H and O–H groups in total. The molecule has 1 aromatic carbocycles. The maximum atomic E-state index is 11.5. The number of unbranched alkanes of at least 4 members (excludes halogenated alkanes) is 1. The molecule has 0 fully saturated rings. The number of benzene rings is 1. The summed E-state index contributed by atoms with van der Waals surface area (Å²) in [5, 5.41) is 8.95. The smallest absolute Gasteiger partial charge is 0.426 e. The van der Waals surface area contributed by atoms with Crippen molar-refractivity contribution < 1.29 is 19.4 Å². The van der Waals surface area contributed by atoms with Gasteiger partial charge in [-0.05, 0) is 31.4 Å². The maximum absolute atomic E-state index is 11.5. The number of aliphatic carboxylic acids is 1. The van der Waals surface area contributed by atoms with Crippen molar-refractivity contribution in [2.24, 2.45) is 0 Å². The topological polar surface area (TPSA) is 87.7 Å². The minimum absolute atomic E-state index is 0.309. The van der Waals surface area contributed by atoms with Crippen LogP contribution in [-0.4, -0.2) is 23.3 Å². The van der Waals surface area contributed by atoms with Crippen LogP contribution in [0.4, 0.5) is 10.5 Å². The highest BCUT2D eigenvalue weighted by molar-refractivity contribution is 5.77. The van der Waals surface area contributed by atoms with E-state index in [2.05, 4.69) is 10.9 Å². The number of ether oxygens (including phenoxy) is 1. The van der Waals surface area contributed by atoms with Crippen molar-refractivity contribution in [1.29, 1.82) is 0 Å². The standard InChI is InChI=1S/C14H20N2O4/c1-3-4-9-12(13(17)18)20-14(19)16-15-11-8-6-5-7-10(11)2/h5-8,12,15H,3-4,9H2,1-2H3,(H,16,19)(H,17,18). The van der Waals surface area contributed by atoms with E-state index >= 15 is 0 Å². The van der Waals surface area contributed by atoms with Crippen LogP contribution >= 0.6 is 0 Å². The van der Waals surface area contributed by atoms with Crippen molar-refractivity contribution in [3.8, 4) is 0 Å². The van der Waals surface area contributed by atoms with Crippen molar-refractivity contribution in [3.05, 3.63) is 29.8 Å². The molecule has 1 aromatic rings. The Kier molecular flexibility index (Phi) is 6.36. The van der Waals surface area contributed by atoms with Crippen LogP contribution in [0.3, 0.4) is 0 Å². The first-order chi connectivity index (χ1) is 9.54. The first kappa shape index (κ1) is 15.8. The second-order valence-electron chi connectivity index (χ2n) is 4.44. The fourth-order valence-corrected chi connectivity index (χ4v) is 1.61. The summed E-state index contributed by atoms with van der Waals surface area (Å²) in [6, 6.07) is 7.38. The third-order valence-corrected chi connectivity index (χ3v) is 2.79. The molecule has 0 saturated carbocycles. The number of amides is 1. The minimum Gasteiger partial charge on any atom is -0.479 e. The van der Waals surface area contributed by atoms with E-state index in [4.69, 9.17) is 9.84 Å². The van der Waals surface area contributed by atoms with Crippen LogP contribution in [0.2, 0.25) is 0 Å². The van der Waals surface area contributed by atoms with Gasteiger partial charge in [-0.2, -0.15) is 0 Å². The van der Waals surface area contributed by atoms with Crippen molar-refractivity contribution in [1.82, 2.24) is 5.43 Å². The van der Waals surface area contributed by atoms with E-state index in [0.29, 0.717) is 12.8 Å². The molecule has 0 aliphatic carbocycles. The zero-order valence-corrected chi connectivity index (χ0v) is 11.7. The lowest BCUT2D eigenvalue weighted by Crippen LogP contribution is -2.36. The molecular weight excluding hydrogens is 260 g/mol. The summed E-state index contributed by atoms with van der Waals surface area (Å²) in [7, 11) is 0. The lowest BCUT2D eigenvalue weighted by atomic mass is 10.2. The molecule has 0 aliphatic rings. The van der Waals surface area contributed by atoms with Crippen LogP contribution in [0.1, 0.15) is 31.7 Å². The van der Waals surface area contributed by atoms with Gasteiger partial charge in [-0.15, -0.1) is 0 Å². The second kappa shape index (κ2) is 8.04. The molecule has 0 bridgehead atoms. The highest BCUT2D eigenvalue weighted by atomic mass is 16.6. The number of carboxylic acids is 1. The number of hydrazine groups is 1. The van der Waals surface area contributed by atoms with E-state index in [1.807, 2.05) is 32.0 Å². The van der Waals surface area contributed by atoms with E-state index in [1.54, 1.807) is 6.07 Å². The summed E-state index contributed by atoms with van der Waals surface area (Å²) in [5.41, 5.74) is 6.70. The summed E-state index contributed by atoms with van der Waals surface area (Å²) in [4.78, 5) is 22.5. The first-order valence-electron chi connectivity index (χ1n) is 6.55. The number of carbonyl (C=O) groups is 2. The zero-order valence-electron chi connectivity index (χ0n) is 11.7. The molecule has 110 valence electrons. The Morgan fingerprint density at radius 2 is 2.05 bits per heavy atom. The molecule has 1 amide bonds. The number of anilines is 1. The van der Waals surface area contributed by atoms with Gasteiger partial charge in [0.05, 0.1) is 5.69 Å². The average Bonchev–Trinajstić information content (AvgIpc) is 2.42. The Hall–Kier alpha value is -2.24. The van der Waals surface area contributed by atoms with Gasteiger partial charge >= 0.3 is 12.1 Å².